The van der Waals surface area contributed by atoms with Crippen molar-refractivity contribution in [3.05, 3.63) is 116 Å². The predicted molar refractivity (Wildman–Crippen MR) is 294 cm³/mol. The highest BCUT2D eigenvalue weighted by Gasteiger charge is 2.34. The minimum absolute atomic E-state index is 0.000339. The van der Waals surface area contributed by atoms with Crippen LogP contribution in [0.3, 0.4) is 0 Å². The first-order valence-corrected chi connectivity index (χ1v) is 28.6. The molecule has 1 aromatic carbocycles. The maximum absolute atomic E-state index is 14.2. The van der Waals surface area contributed by atoms with Crippen molar-refractivity contribution in [1.29, 1.82) is 0 Å². The minimum Gasteiger partial charge on any atom is -0.455 e. The summed E-state index contributed by atoms with van der Waals surface area (Å²) in [6.07, 6.45) is -1.25. The van der Waals surface area contributed by atoms with Crippen molar-refractivity contribution >= 4 is 109 Å². The normalized spacial score (nSPS) is 16.6. The van der Waals surface area contributed by atoms with Crippen LogP contribution in [0.5, 0.6) is 0 Å². The number of nitrogens with one attached hydrogen (secondary N) is 5. The van der Waals surface area contributed by atoms with E-state index in [9.17, 15) is 28.8 Å². The van der Waals surface area contributed by atoms with Gasteiger partial charge >= 0.3 is 11.8 Å². The first kappa shape index (κ1) is 54.2. The van der Waals surface area contributed by atoms with E-state index in [1.54, 1.807) is 58.8 Å². The van der Waals surface area contributed by atoms with Crippen LogP contribution in [0.1, 0.15) is 113 Å². The van der Waals surface area contributed by atoms with Crippen molar-refractivity contribution in [3.63, 3.8) is 0 Å². The Kier molecular flexibility index (Phi) is 16.7. The van der Waals surface area contributed by atoms with Crippen LogP contribution in [-0.2, 0) is 30.5 Å². The molecule has 0 spiro atoms. The SMILES string of the molecule is C#[N+]c1csc(-c2ccc3c(n2)-c2csc(n2)-c2csc(n2)[C@H]([C@@H](OC(C)=O)c2ccccc2)NC(=O)CNC(=O)c2nc(sc2COC)[C@@H](C(C)C)NC(=O)c2nc(sc2C)[C@H](CC(=O)NC)NC(=O)c2csc-3n2)n1. The molecule has 8 heterocycles. The monoisotopic (exact) mass is 1150 g/mol. The Morgan fingerprint density at radius 1 is 0.727 bits per heavy atom. The fourth-order valence-electron chi connectivity index (χ4n) is 7.93. The number of carbonyl (C=O) groups excluding carboxylic acids is 6. The van der Waals surface area contributed by atoms with Crippen molar-refractivity contribution in [2.75, 3.05) is 20.7 Å². The van der Waals surface area contributed by atoms with E-state index in [1.165, 1.54) is 77.8 Å². The van der Waals surface area contributed by atoms with E-state index < -0.39 is 60.4 Å². The number of pyridine rings is 1. The molecule has 5 amide bonds. The summed E-state index contributed by atoms with van der Waals surface area (Å²) in [5.41, 5.74) is 3.01. The molecule has 0 aliphatic carbocycles. The van der Waals surface area contributed by atoms with Crippen molar-refractivity contribution in [2.45, 2.75) is 65.0 Å². The number of hydrogen-bond donors (Lipinski definition) is 5. The number of carbonyl (C=O) groups is 6. The van der Waals surface area contributed by atoms with Gasteiger partial charge < -0.3 is 36.1 Å². The van der Waals surface area contributed by atoms with Crippen LogP contribution in [0.25, 0.3) is 48.2 Å². The van der Waals surface area contributed by atoms with E-state index in [4.69, 9.17) is 41.0 Å². The topological polar surface area (TPSA) is 276 Å². The maximum atomic E-state index is 14.2. The fourth-order valence-corrected chi connectivity index (χ4v) is 13.4. The first-order valence-electron chi connectivity index (χ1n) is 23.4. The van der Waals surface area contributed by atoms with Gasteiger partial charge in [-0.1, -0.05) is 55.5 Å². The Hall–Kier alpha value is -7.58. The molecule has 0 radical (unpaired) electrons. The van der Waals surface area contributed by atoms with Gasteiger partial charge in [0.1, 0.15) is 82.9 Å². The lowest BCUT2D eigenvalue weighted by Crippen LogP contribution is -2.41. The summed E-state index contributed by atoms with van der Waals surface area (Å²) < 4.78 is 11.4. The highest BCUT2D eigenvalue weighted by atomic mass is 32.1. The number of hydrogen-bond acceptors (Lipinski definition) is 21. The Morgan fingerprint density at radius 3 is 2.17 bits per heavy atom. The zero-order chi connectivity index (χ0) is 54.5. The van der Waals surface area contributed by atoms with Crippen LogP contribution in [0.2, 0.25) is 0 Å². The van der Waals surface area contributed by atoms with Crippen molar-refractivity contribution in [3.8, 4) is 49.9 Å². The summed E-state index contributed by atoms with van der Waals surface area (Å²) in [5.74, 6) is -3.37. The molecule has 1 aliphatic rings. The maximum Gasteiger partial charge on any atom is 0.436 e. The predicted octanol–water partition coefficient (Wildman–Crippen LogP) is 8.48. The van der Waals surface area contributed by atoms with Crippen LogP contribution < -0.4 is 26.6 Å². The van der Waals surface area contributed by atoms with Gasteiger partial charge in [-0.3, -0.25) is 28.8 Å². The highest BCUT2D eigenvalue weighted by Crippen LogP contribution is 2.41. The molecule has 1 aliphatic heterocycles. The van der Waals surface area contributed by atoms with Crippen LogP contribution in [0.15, 0.2) is 64.0 Å². The van der Waals surface area contributed by atoms with Crippen LogP contribution >= 0.6 is 68.0 Å². The number of thiazole rings is 6. The smallest absolute Gasteiger partial charge is 0.436 e. The number of aryl methyl sites for hydroxylation is 1. The Labute approximate surface area is 463 Å². The summed E-state index contributed by atoms with van der Waals surface area (Å²) in [4.78, 5) is 121. The molecule has 77 heavy (non-hydrogen) atoms. The molecule has 10 bridgehead atoms. The Balaban J connectivity index is 1.15. The second kappa shape index (κ2) is 23.8. The van der Waals surface area contributed by atoms with E-state index in [0.29, 0.717) is 79.5 Å². The number of methoxy groups -OCH3 is 1. The third kappa shape index (κ3) is 12.2. The second-order valence-corrected chi connectivity index (χ2v) is 23.2. The molecule has 0 saturated heterocycles. The molecule has 9 rings (SSSR count). The van der Waals surface area contributed by atoms with Crippen molar-refractivity contribution in [2.24, 2.45) is 5.92 Å². The highest BCUT2D eigenvalue weighted by molar-refractivity contribution is 7.15. The molecule has 0 fully saturated rings. The molecule has 4 atom stereocenters. The van der Waals surface area contributed by atoms with E-state index in [1.807, 2.05) is 26.0 Å². The van der Waals surface area contributed by atoms with E-state index in [2.05, 4.69) is 41.4 Å². The van der Waals surface area contributed by atoms with Gasteiger partial charge in [-0.15, -0.1) is 56.7 Å². The van der Waals surface area contributed by atoms with Gasteiger partial charge in [0, 0.05) is 47.7 Å². The summed E-state index contributed by atoms with van der Waals surface area (Å²) in [5, 5.41) is 23.6. The standard InChI is InChI=1S/C50H45N13O8S6/c1-22(2)36-50-63-39(32(77-50)17-70-7)43(68)53-16-35(66)60-40(41(71-24(4)64)25-11-9-8-10-12-25)49-58-31(20-74-49)47-56-29(18-73-47)38-26(13-14-27(54-38)46-59-33(51-5)21-75-46)45-57-30(19-72-45)42(67)55-28(15-34(65)52-6)48-62-37(23(3)76-48)44(69)61-36/h5,8-14,18-22,28,36,40-41H,15-17H2,1-4,6-7H3,(H4-,52,53,55,60,61,65,66,67,68,69)/p+1/t28-,36+,40-,41-/m0/s1. The first-order chi connectivity index (χ1) is 37.1. The molecule has 0 unspecified atom stereocenters. The Morgan fingerprint density at radius 2 is 1.44 bits per heavy atom. The number of fused-ring (bicyclic) bond motifs is 14. The van der Waals surface area contributed by atoms with Crippen LogP contribution in [0.4, 0.5) is 5.82 Å². The number of rotatable bonds is 9. The molecule has 0 saturated carbocycles. The lowest BCUT2D eigenvalue weighted by Gasteiger charge is -2.26. The summed E-state index contributed by atoms with van der Waals surface area (Å²) >= 11 is 7.31. The van der Waals surface area contributed by atoms with E-state index in [0.717, 1.165) is 11.3 Å². The van der Waals surface area contributed by atoms with Gasteiger partial charge in [0.2, 0.25) is 11.8 Å². The average Bonchev–Trinajstić information content (AvgIpc) is 4.30. The number of esters is 1. The molecular weight excluding hydrogens is 1100 g/mol. The molecule has 8 aromatic rings. The molecule has 394 valence electrons. The number of amides is 5. The Bertz CT molecular complexity index is 3580. The summed E-state index contributed by atoms with van der Waals surface area (Å²) in [6.45, 7) is 11.8. The number of ether oxygens (including phenoxy) is 2. The molecular formula is C50H46N13O8S6+. The number of benzene rings is 1. The molecule has 7 aromatic heterocycles. The lowest BCUT2D eigenvalue weighted by molar-refractivity contribution is -0.149. The average molecular weight is 1150 g/mol. The third-order valence-electron chi connectivity index (χ3n) is 11.6. The molecule has 21 nitrogen and oxygen atoms in total. The third-order valence-corrected chi connectivity index (χ3v) is 17.4. The van der Waals surface area contributed by atoms with Gasteiger partial charge in [0.05, 0.1) is 36.5 Å². The van der Waals surface area contributed by atoms with Gasteiger partial charge in [0.15, 0.2) is 6.10 Å². The number of aromatic nitrogens is 7. The van der Waals surface area contributed by atoms with Crippen molar-refractivity contribution in [1.82, 2.24) is 61.5 Å². The van der Waals surface area contributed by atoms with Crippen LogP contribution in [-0.4, -0.2) is 91.1 Å². The van der Waals surface area contributed by atoms with Gasteiger partial charge in [-0.2, -0.15) is 4.85 Å². The van der Waals surface area contributed by atoms with Gasteiger partial charge in [0.25, 0.3) is 22.7 Å². The molecule has 27 heteroatoms. The quantitative estimate of drug-likeness (QED) is 0.0848. The van der Waals surface area contributed by atoms with Crippen molar-refractivity contribution < 1.29 is 38.2 Å². The minimum atomic E-state index is -1.05. The zero-order valence-electron chi connectivity index (χ0n) is 41.7. The zero-order valence-corrected chi connectivity index (χ0v) is 46.6. The summed E-state index contributed by atoms with van der Waals surface area (Å²) in [6, 6.07) is 9.74. The fraction of sp³-hybridized carbons (Fsp3) is 0.280. The van der Waals surface area contributed by atoms with E-state index in [-0.39, 0.29) is 41.9 Å². The van der Waals surface area contributed by atoms with E-state index >= 15 is 0 Å². The largest absolute Gasteiger partial charge is 0.455 e. The van der Waals surface area contributed by atoms with Gasteiger partial charge in [-0.05, 0) is 35.5 Å². The summed E-state index contributed by atoms with van der Waals surface area (Å²) in [7, 11) is 2.95. The van der Waals surface area contributed by atoms with Gasteiger partial charge in [-0.25, -0.2) is 29.9 Å². The molecule has 5 N–H and O–H groups in total. The van der Waals surface area contributed by atoms with Crippen LogP contribution in [0, 0.1) is 19.4 Å². The lowest BCUT2D eigenvalue weighted by atomic mass is 10.0. The number of nitrogens with zero attached hydrogens (tertiary/aromatic N) is 8. The second-order valence-electron chi connectivity index (χ2n) is 17.4.